The molecule has 2 heterocycles. The fourth-order valence-electron chi connectivity index (χ4n) is 1.91. The predicted octanol–water partition coefficient (Wildman–Crippen LogP) is 4.35. The molecule has 0 amide bonds. The highest BCUT2D eigenvalue weighted by atomic mass is 127. The summed E-state index contributed by atoms with van der Waals surface area (Å²) >= 11 is 3.57. The molecule has 0 aliphatic heterocycles. The first-order valence-electron chi connectivity index (χ1n) is 6.33. The molecule has 0 spiro atoms. The highest BCUT2D eigenvalue weighted by Gasteiger charge is 2.14. The highest BCUT2D eigenvalue weighted by molar-refractivity contribution is 14.1. The summed E-state index contributed by atoms with van der Waals surface area (Å²) in [7, 11) is 0. The topological polar surface area (TPSA) is 42.9 Å². The van der Waals surface area contributed by atoms with Crippen LogP contribution in [0, 0.1) is 10.5 Å². The number of hydrogen-bond donors (Lipinski definition) is 0. The number of halogens is 1. The Morgan fingerprint density at radius 1 is 1.05 bits per heavy atom. The van der Waals surface area contributed by atoms with Crippen molar-refractivity contribution in [2.75, 3.05) is 0 Å². The Morgan fingerprint density at radius 2 is 1.81 bits per heavy atom. The Bertz CT molecular complexity index is 796. The lowest BCUT2D eigenvalue weighted by atomic mass is 10.1. The van der Waals surface area contributed by atoms with Gasteiger partial charge >= 0.3 is 0 Å². The van der Waals surface area contributed by atoms with Crippen LogP contribution in [0.1, 0.15) is 21.1 Å². The average Bonchev–Trinajstić information content (AvgIpc) is 2.97. The minimum Gasteiger partial charge on any atom is -0.286 e. The normalized spacial score (nSPS) is 10.6. The maximum absolute atomic E-state index is 12.4. The molecule has 1 aromatic carbocycles. The number of aryl methyl sites for hydroxylation is 1. The van der Waals surface area contributed by atoms with E-state index in [1.54, 1.807) is 0 Å². The Kier molecular flexibility index (Phi) is 4.12. The molecule has 21 heavy (non-hydrogen) atoms. The number of pyridine rings is 1. The van der Waals surface area contributed by atoms with Crippen molar-refractivity contribution in [3.8, 4) is 11.4 Å². The van der Waals surface area contributed by atoms with Crippen LogP contribution in [0.15, 0.2) is 47.8 Å². The van der Waals surface area contributed by atoms with Crippen molar-refractivity contribution >= 4 is 39.7 Å². The molecule has 3 nitrogen and oxygen atoms in total. The molecule has 0 aliphatic carbocycles. The number of thiazole rings is 1. The zero-order valence-electron chi connectivity index (χ0n) is 11.2. The fourth-order valence-corrected chi connectivity index (χ4v) is 3.04. The van der Waals surface area contributed by atoms with Gasteiger partial charge in [-0.2, -0.15) is 0 Å². The Morgan fingerprint density at radius 3 is 2.52 bits per heavy atom. The van der Waals surface area contributed by atoms with Crippen LogP contribution in [-0.4, -0.2) is 15.8 Å². The maximum atomic E-state index is 12.4. The first-order chi connectivity index (χ1) is 10.1. The van der Waals surface area contributed by atoms with Gasteiger partial charge in [-0.25, -0.2) is 4.98 Å². The SMILES string of the molecule is Cc1cccc(-c2csc(C(=O)c3ccc(I)cc3)n2)n1. The number of aromatic nitrogens is 2. The lowest BCUT2D eigenvalue weighted by molar-refractivity contribution is 0.103. The van der Waals surface area contributed by atoms with Crippen LogP contribution in [0.5, 0.6) is 0 Å². The van der Waals surface area contributed by atoms with Gasteiger partial charge in [-0.3, -0.25) is 9.78 Å². The molecule has 5 heteroatoms. The number of ketones is 1. The summed E-state index contributed by atoms with van der Waals surface area (Å²) in [5, 5.41) is 2.37. The van der Waals surface area contributed by atoms with Gasteiger partial charge < -0.3 is 0 Å². The molecular formula is C16H11IN2OS. The molecule has 0 saturated heterocycles. The van der Waals surface area contributed by atoms with Crippen LogP contribution in [0.25, 0.3) is 11.4 Å². The summed E-state index contributed by atoms with van der Waals surface area (Å²) in [4.78, 5) is 21.3. The molecule has 0 N–H and O–H groups in total. The van der Waals surface area contributed by atoms with Gasteiger partial charge in [0.2, 0.25) is 5.78 Å². The molecule has 0 unspecified atom stereocenters. The first kappa shape index (κ1) is 14.3. The van der Waals surface area contributed by atoms with Crippen molar-refractivity contribution in [1.82, 2.24) is 9.97 Å². The number of carbonyl (C=O) groups excluding carboxylic acids is 1. The standard InChI is InChI=1S/C16H11IN2OS/c1-10-3-2-4-13(18-10)14-9-21-16(19-14)15(20)11-5-7-12(17)8-6-11/h2-9H,1H3. The molecule has 2 aromatic heterocycles. The third kappa shape index (κ3) is 3.19. The largest absolute Gasteiger partial charge is 0.286 e. The summed E-state index contributed by atoms with van der Waals surface area (Å²) in [6.45, 7) is 1.94. The number of rotatable bonds is 3. The van der Waals surface area contributed by atoms with Crippen molar-refractivity contribution in [1.29, 1.82) is 0 Å². The van der Waals surface area contributed by atoms with Gasteiger partial charge in [0, 0.05) is 20.2 Å². The summed E-state index contributed by atoms with van der Waals surface area (Å²) in [6, 6.07) is 13.3. The number of carbonyl (C=O) groups is 1. The van der Waals surface area contributed by atoms with E-state index in [1.807, 2.05) is 54.8 Å². The van der Waals surface area contributed by atoms with E-state index in [0.29, 0.717) is 10.6 Å². The van der Waals surface area contributed by atoms with E-state index in [4.69, 9.17) is 0 Å². The monoisotopic (exact) mass is 406 g/mol. The summed E-state index contributed by atoms with van der Waals surface area (Å²) < 4.78 is 1.10. The van der Waals surface area contributed by atoms with E-state index in [0.717, 1.165) is 20.7 Å². The van der Waals surface area contributed by atoms with Gasteiger partial charge in [-0.15, -0.1) is 11.3 Å². The van der Waals surface area contributed by atoms with Crippen molar-refractivity contribution in [2.45, 2.75) is 6.92 Å². The van der Waals surface area contributed by atoms with E-state index in [1.165, 1.54) is 11.3 Å². The smallest absolute Gasteiger partial charge is 0.221 e. The van der Waals surface area contributed by atoms with Crippen molar-refractivity contribution in [2.24, 2.45) is 0 Å². The predicted molar refractivity (Wildman–Crippen MR) is 92.7 cm³/mol. The summed E-state index contributed by atoms with van der Waals surface area (Å²) in [5.74, 6) is -0.0460. The van der Waals surface area contributed by atoms with Crippen molar-refractivity contribution in [3.05, 3.63) is 67.7 Å². The molecule has 104 valence electrons. The minimum absolute atomic E-state index is 0.0460. The van der Waals surface area contributed by atoms with Gasteiger partial charge in [0.05, 0.1) is 5.69 Å². The quantitative estimate of drug-likeness (QED) is 0.480. The number of hydrogen-bond acceptors (Lipinski definition) is 4. The lowest BCUT2D eigenvalue weighted by Gasteiger charge is -1.98. The Balaban J connectivity index is 1.91. The third-order valence-corrected chi connectivity index (χ3v) is 4.52. The van der Waals surface area contributed by atoms with Crippen LogP contribution in [0.4, 0.5) is 0 Å². The maximum Gasteiger partial charge on any atom is 0.221 e. The zero-order chi connectivity index (χ0) is 14.8. The molecule has 0 radical (unpaired) electrons. The van der Waals surface area contributed by atoms with Crippen molar-refractivity contribution < 1.29 is 4.79 Å². The van der Waals surface area contributed by atoms with Crippen LogP contribution in [0.3, 0.4) is 0 Å². The van der Waals surface area contributed by atoms with Gasteiger partial charge in [-0.05, 0) is 65.9 Å². The zero-order valence-corrected chi connectivity index (χ0v) is 14.2. The molecule has 3 aromatic rings. The molecule has 0 atom stereocenters. The molecule has 0 bridgehead atoms. The van der Waals surface area contributed by atoms with E-state index < -0.39 is 0 Å². The van der Waals surface area contributed by atoms with E-state index >= 15 is 0 Å². The molecule has 0 aliphatic rings. The van der Waals surface area contributed by atoms with E-state index in [2.05, 4.69) is 32.6 Å². The second-order valence-corrected chi connectivity index (χ2v) is 6.64. The molecule has 3 rings (SSSR count). The Hall–Kier alpha value is -1.60. The van der Waals surface area contributed by atoms with Crippen LogP contribution in [-0.2, 0) is 0 Å². The second kappa shape index (κ2) is 6.03. The van der Waals surface area contributed by atoms with E-state index in [9.17, 15) is 4.79 Å². The van der Waals surface area contributed by atoms with Gasteiger partial charge in [0.25, 0.3) is 0 Å². The Labute approximate surface area is 140 Å². The first-order valence-corrected chi connectivity index (χ1v) is 8.29. The summed E-state index contributed by atoms with van der Waals surface area (Å²) in [6.07, 6.45) is 0. The fraction of sp³-hybridized carbons (Fsp3) is 0.0625. The lowest BCUT2D eigenvalue weighted by Crippen LogP contribution is -2.00. The van der Waals surface area contributed by atoms with E-state index in [-0.39, 0.29) is 5.78 Å². The number of nitrogens with zero attached hydrogens (tertiary/aromatic N) is 2. The van der Waals surface area contributed by atoms with Gasteiger partial charge in [-0.1, -0.05) is 6.07 Å². The van der Waals surface area contributed by atoms with Crippen LogP contribution in [0.2, 0.25) is 0 Å². The summed E-state index contributed by atoms with van der Waals surface area (Å²) in [5.41, 5.74) is 3.14. The van der Waals surface area contributed by atoms with Gasteiger partial charge in [0.15, 0.2) is 5.01 Å². The van der Waals surface area contributed by atoms with Crippen LogP contribution < -0.4 is 0 Å². The average molecular weight is 406 g/mol. The molecule has 0 fully saturated rings. The minimum atomic E-state index is -0.0460. The highest BCUT2D eigenvalue weighted by Crippen LogP contribution is 2.22. The molecular weight excluding hydrogens is 395 g/mol. The third-order valence-electron chi connectivity index (χ3n) is 2.96. The number of benzene rings is 1. The van der Waals surface area contributed by atoms with Crippen LogP contribution >= 0.6 is 33.9 Å². The van der Waals surface area contributed by atoms with Gasteiger partial charge in [0.1, 0.15) is 5.69 Å². The molecule has 0 saturated carbocycles. The second-order valence-electron chi connectivity index (χ2n) is 4.54. The van der Waals surface area contributed by atoms with Crippen molar-refractivity contribution in [3.63, 3.8) is 0 Å².